The van der Waals surface area contributed by atoms with Gasteiger partial charge in [-0.15, -0.1) is 11.3 Å². The third-order valence-corrected chi connectivity index (χ3v) is 7.96. The number of aryl methyl sites for hydroxylation is 1. The number of pyridine rings is 1. The molecule has 0 saturated carbocycles. The Bertz CT molecular complexity index is 1210. The van der Waals surface area contributed by atoms with Crippen molar-refractivity contribution in [2.75, 3.05) is 49.1 Å². The summed E-state index contributed by atoms with van der Waals surface area (Å²) < 4.78 is 5.26. The number of likely N-dealkylation sites (tertiary alicyclic amines) is 1. The van der Waals surface area contributed by atoms with Crippen LogP contribution >= 0.6 is 11.3 Å². The van der Waals surface area contributed by atoms with Gasteiger partial charge in [-0.25, -0.2) is 19.7 Å². The molecule has 2 fully saturated rings. The number of anilines is 2. The van der Waals surface area contributed by atoms with Crippen molar-refractivity contribution in [2.24, 2.45) is 0 Å². The van der Waals surface area contributed by atoms with Gasteiger partial charge in [0.05, 0.1) is 16.9 Å². The van der Waals surface area contributed by atoms with E-state index in [4.69, 9.17) is 4.74 Å². The van der Waals surface area contributed by atoms with Crippen LogP contribution in [0.5, 0.6) is 0 Å². The van der Waals surface area contributed by atoms with Crippen LogP contribution in [0.1, 0.15) is 41.4 Å². The van der Waals surface area contributed by atoms with Crippen LogP contribution in [0.4, 0.5) is 11.6 Å². The number of piperazine rings is 1. The second kappa shape index (κ2) is 10.2. The molecule has 0 spiro atoms. The monoisotopic (exact) mass is 494 g/mol. The fraction of sp³-hybridized carbons (Fsp3) is 0.480. The zero-order valence-electron chi connectivity index (χ0n) is 20.1. The van der Waals surface area contributed by atoms with E-state index in [1.807, 2.05) is 31.3 Å². The van der Waals surface area contributed by atoms with Gasteiger partial charge in [-0.3, -0.25) is 4.79 Å². The van der Waals surface area contributed by atoms with Crippen LogP contribution < -0.4 is 9.80 Å². The van der Waals surface area contributed by atoms with E-state index in [1.165, 1.54) is 11.3 Å². The lowest BCUT2D eigenvalue weighted by atomic mass is 10.0. The summed E-state index contributed by atoms with van der Waals surface area (Å²) in [4.78, 5) is 47.4. The highest BCUT2D eigenvalue weighted by atomic mass is 32.1. The van der Waals surface area contributed by atoms with Crippen LogP contribution in [0, 0.1) is 6.92 Å². The summed E-state index contributed by atoms with van der Waals surface area (Å²) in [5.41, 5.74) is 0.880. The fourth-order valence-corrected chi connectivity index (χ4v) is 6.07. The number of carbonyl (C=O) groups excluding carboxylic acids is 2. The predicted octanol–water partition coefficient (Wildman–Crippen LogP) is 3.28. The molecule has 5 rings (SSSR count). The molecule has 2 saturated heterocycles. The molecule has 0 radical (unpaired) electrons. The zero-order valence-corrected chi connectivity index (χ0v) is 21.0. The Balaban J connectivity index is 1.40. The molecule has 0 N–H and O–H groups in total. The Labute approximate surface area is 208 Å². The smallest absolute Gasteiger partial charge is 0.328 e. The zero-order chi connectivity index (χ0) is 24.4. The maximum Gasteiger partial charge on any atom is 0.328 e. The second-order valence-electron chi connectivity index (χ2n) is 8.86. The number of fused-ring (bicyclic) bond motifs is 1. The van der Waals surface area contributed by atoms with E-state index in [0.29, 0.717) is 24.4 Å². The summed E-state index contributed by atoms with van der Waals surface area (Å²) in [7, 11) is 0. The van der Waals surface area contributed by atoms with E-state index < -0.39 is 6.04 Å². The van der Waals surface area contributed by atoms with Crippen LogP contribution in [0.15, 0.2) is 30.7 Å². The van der Waals surface area contributed by atoms with Gasteiger partial charge < -0.3 is 19.4 Å². The molecule has 0 aliphatic carbocycles. The molecule has 35 heavy (non-hydrogen) atoms. The molecule has 184 valence electrons. The first-order valence-corrected chi connectivity index (χ1v) is 13.0. The molecular formula is C25H30N6O3S. The van der Waals surface area contributed by atoms with Crippen molar-refractivity contribution in [3.63, 3.8) is 0 Å². The third-order valence-electron chi connectivity index (χ3n) is 6.78. The number of thiophene rings is 1. The van der Waals surface area contributed by atoms with Gasteiger partial charge in [0.25, 0.3) is 5.91 Å². The molecule has 0 aromatic carbocycles. The van der Waals surface area contributed by atoms with Crippen molar-refractivity contribution < 1.29 is 14.3 Å². The summed E-state index contributed by atoms with van der Waals surface area (Å²) in [6, 6.07) is 5.44. The Morgan fingerprint density at radius 3 is 2.60 bits per heavy atom. The summed E-state index contributed by atoms with van der Waals surface area (Å²) in [6.45, 7) is 7.91. The van der Waals surface area contributed by atoms with Gasteiger partial charge in [0.15, 0.2) is 0 Å². The third kappa shape index (κ3) is 4.54. The number of piperidine rings is 1. The molecule has 10 heteroatoms. The molecule has 3 aromatic rings. The summed E-state index contributed by atoms with van der Waals surface area (Å²) in [5, 5.41) is 0.928. The highest BCUT2D eigenvalue weighted by molar-refractivity contribution is 7.20. The quantitative estimate of drug-likeness (QED) is 0.499. The second-order valence-corrected chi connectivity index (χ2v) is 9.86. The SMILES string of the molecule is CCOC(=O)C1CCCCN1C(=O)c1sc2ncnc(N3CCN(c4ccccn4)CC3)c2c1C. The number of amides is 1. The minimum atomic E-state index is -0.522. The first-order valence-electron chi connectivity index (χ1n) is 12.2. The molecule has 1 atom stereocenters. The van der Waals surface area contributed by atoms with Crippen molar-refractivity contribution in [3.8, 4) is 0 Å². The number of hydrogen-bond acceptors (Lipinski definition) is 9. The Morgan fingerprint density at radius 2 is 1.86 bits per heavy atom. The minimum Gasteiger partial charge on any atom is -0.464 e. The Morgan fingerprint density at radius 1 is 1.06 bits per heavy atom. The largest absolute Gasteiger partial charge is 0.464 e. The van der Waals surface area contributed by atoms with Crippen molar-refractivity contribution in [3.05, 3.63) is 41.2 Å². The minimum absolute atomic E-state index is 0.117. The average Bonchev–Trinajstić information content (AvgIpc) is 3.25. The standard InChI is InChI=1S/C25H30N6O3S/c1-3-34-25(33)18-8-5-7-11-31(18)24(32)21-17(2)20-22(27-16-28-23(20)35-21)30-14-12-29(13-15-30)19-9-4-6-10-26-19/h4,6,9-10,16,18H,3,5,7-8,11-15H2,1-2H3. The molecule has 1 amide bonds. The van der Waals surface area contributed by atoms with Crippen LogP contribution in [0.2, 0.25) is 0 Å². The number of aromatic nitrogens is 3. The van der Waals surface area contributed by atoms with Crippen LogP contribution in [0.25, 0.3) is 10.2 Å². The lowest BCUT2D eigenvalue weighted by Crippen LogP contribution is -2.48. The molecule has 9 nitrogen and oxygen atoms in total. The lowest BCUT2D eigenvalue weighted by molar-refractivity contribution is -0.149. The number of carbonyl (C=O) groups is 2. The molecule has 1 unspecified atom stereocenters. The Kier molecular flexibility index (Phi) is 6.81. The highest BCUT2D eigenvalue weighted by Crippen LogP contribution is 2.37. The van der Waals surface area contributed by atoms with Gasteiger partial charge in [0.1, 0.15) is 28.8 Å². The van der Waals surface area contributed by atoms with Crippen molar-refractivity contribution in [1.82, 2.24) is 19.9 Å². The molecule has 2 aliphatic rings. The van der Waals surface area contributed by atoms with Crippen molar-refractivity contribution in [1.29, 1.82) is 0 Å². The van der Waals surface area contributed by atoms with E-state index in [-0.39, 0.29) is 11.9 Å². The average molecular weight is 495 g/mol. The fourth-order valence-electron chi connectivity index (χ4n) is 4.97. The van der Waals surface area contributed by atoms with Crippen LogP contribution in [-0.2, 0) is 9.53 Å². The van der Waals surface area contributed by atoms with Gasteiger partial charge >= 0.3 is 5.97 Å². The number of nitrogens with zero attached hydrogens (tertiary/aromatic N) is 6. The van der Waals surface area contributed by atoms with E-state index in [0.717, 1.165) is 66.4 Å². The van der Waals surface area contributed by atoms with E-state index in [2.05, 4.69) is 24.8 Å². The first-order chi connectivity index (χ1) is 17.1. The molecule has 2 aliphatic heterocycles. The van der Waals surface area contributed by atoms with E-state index >= 15 is 0 Å². The lowest BCUT2D eigenvalue weighted by Gasteiger charge is -2.36. The van der Waals surface area contributed by atoms with Gasteiger partial charge in [0.2, 0.25) is 0 Å². The van der Waals surface area contributed by atoms with Gasteiger partial charge in [-0.2, -0.15) is 0 Å². The van der Waals surface area contributed by atoms with Crippen molar-refractivity contribution in [2.45, 2.75) is 39.2 Å². The predicted molar refractivity (Wildman–Crippen MR) is 136 cm³/mol. The maximum absolute atomic E-state index is 13.6. The number of rotatable bonds is 5. The first kappa shape index (κ1) is 23.5. The molecular weight excluding hydrogens is 464 g/mol. The number of esters is 1. The topological polar surface area (TPSA) is 91.8 Å². The normalized spacial score (nSPS) is 18.7. The molecule has 3 aromatic heterocycles. The van der Waals surface area contributed by atoms with Crippen LogP contribution in [0.3, 0.4) is 0 Å². The maximum atomic E-state index is 13.6. The summed E-state index contributed by atoms with van der Waals surface area (Å²) >= 11 is 1.39. The highest BCUT2D eigenvalue weighted by Gasteiger charge is 2.35. The van der Waals surface area contributed by atoms with E-state index in [9.17, 15) is 9.59 Å². The van der Waals surface area contributed by atoms with Gasteiger partial charge in [0, 0.05) is 38.9 Å². The van der Waals surface area contributed by atoms with Gasteiger partial charge in [-0.1, -0.05) is 6.07 Å². The van der Waals surface area contributed by atoms with Crippen molar-refractivity contribution >= 4 is 45.1 Å². The number of hydrogen-bond donors (Lipinski definition) is 0. The summed E-state index contributed by atoms with van der Waals surface area (Å²) in [6.07, 6.45) is 5.84. The molecule has 0 bridgehead atoms. The Hall–Kier alpha value is -3.27. The van der Waals surface area contributed by atoms with Gasteiger partial charge in [-0.05, 0) is 50.8 Å². The summed E-state index contributed by atoms with van der Waals surface area (Å²) in [5.74, 6) is 1.42. The number of ether oxygens (including phenoxy) is 1. The van der Waals surface area contributed by atoms with Crippen LogP contribution in [-0.4, -0.2) is 77.1 Å². The molecule has 5 heterocycles. The van der Waals surface area contributed by atoms with E-state index in [1.54, 1.807) is 18.2 Å².